The van der Waals surface area contributed by atoms with Gasteiger partial charge in [0.25, 0.3) is 0 Å². The zero-order chi connectivity index (χ0) is 13.0. The molecule has 2 rings (SSSR count). The zero-order valence-corrected chi connectivity index (χ0v) is 12.4. The molecule has 1 aliphatic heterocycles. The summed E-state index contributed by atoms with van der Waals surface area (Å²) in [4.78, 5) is 2.71. The molecule has 2 fully saturated rings. The van der Waals surface area contributed by atoms with Crippen LogP contribution in [0.2, 0.25) is 0 Å². The predicted octanol–water partition coefficient (Wildman–Crippen LogP) is 3.20. The minimum absolute atomic E-state index is 0.663. The van der Waals surface area contributed by atoms with Crippen LogP contribution >= 0.6 is 0 Å². The lowest BCUT2D eigenvalue weighted by Gasteiger charge is -2.18. The SMILES string of the molecule is CC(C)=CCC[C@@H](C)NC[C@@H]1CCN(C2CC2)C1. The number of rotatable bonds is 7. The molecule has 0 unspecified atom stereocenters. The lowest BCUT2D eigenvalue weighted by atomic mass is 10.1. The average molecular weight is 250 g/mol. The summed E-state index contributed by atoms with van der Waals surface area (Å²) in [6, 6.07) is 1.63. The molecular weight excluding hydrogens is 220 g/mol. The topological polar surface area (TPSA) is 15.3 Å². The molecule has 2 atom stereocenters. The van der Waals surface area contributed by atoms with E-state index in [9.17, 15) is 0 Å². The summed E-state index contributed by atoms with van der Waals surface area (Å²) in [7, 11) is 0. The first-order valence-electron chi connectivity index (χ1n) is 7.76. The molecule has 0 radical (unpaired) electrons. The first-order valence-corrected chi connectivity index (χ1v) is 7.76. The summed E-state index contributed by atoms with van der Waals surface area (Å²) in [5, 5.41) is 3.72. The lowest BCUT2D eigenvalue weighted by molar-refractivity contribution is 0.309. The Kier molecular flexibility index (Phi) is 5.25. The summed E-state index contributed by atoms with van der Waals surface area (Å²) >= 11 is 0. The highest BCUT2D eigenvalue weighted by molar-refractivity contribution is 4.93. The fourth-order valence-corrected chi connectivity index (χ4v) is 2.89. The van der Waals surface area contributed by atoms with E-state index in [1.54, 1.807) is 0 Å². The average Bonchev–Trinajstić information content (AvgIpc) is 3.06. The summed E-state index contributed by atoms with van der Waals surface area (Å²) in [5.41, 5.74) is 1.44. The quantitative estimate of drug-likeness (QED) is 0.698. The smallest absolute Gasteiger partial charge is 0.00965 e. The van der Waals surface area contributed by atoms with E-state index in [0.717, 1.165) is 12.0 Å². The van der Waals surface area contributed by atoms with Crippen LogP contribution in [0.25, 0.3) is 0 Å². The number of nitrogens with zero attached hydrogens (tertiary/aromatic N) is 1. The number of hydrogen-bond donors (Lipinski definition) is 1. The Morgan fingerprint density at radius 2 is 2.11 bits per heavy atom. The molecule has 18 heavy (non-hydrogen) atoms. The van der Waals surface area contributed by atoms with E-state index < -0.39 is 0 Å². The van der Waals surface area contributed by atoms with Crippen LogP contribution < -0.4 is 5.32 Å². The van der Waals surface area contributed by atoms with Gasteiger partial charge in [-0.1, -0.05) is 11.6 Å². The number of nitrogens with one attached hydrogen (secondary N) is 1. The Morgan fingerprint density at radius 3 is 2.78 bits per heavy atom. The van der Waals surface area contributed by atoms with E-state index in [2.05, 4.69) is 37.1 Å². The third kappa shape index (κ3) is 4.74. The van der Waals surface area contributed by atoms with Gasteiger partial charge in [-0.3, -0.25) is 0 Å². The Bertz CT molecular complexity index is 277. The first-order chi connectivity index (χ1) is 8.65. The zero-order valence-electron chi connectivity index (χ0n) is 12.4. The molecule has 1 N–H and O–H groups in total. The maximum absolute atomic E-state index is 3.72. The minimum atomic E-state index is 0.663. The second-order valence-electron chi connectivity index (χ2n) is 6.55. The van der Waals surface area contributed by atoms with Gasteiger partial charge in [0, 0.05) is 18.6 Å². The molecule has 1 aliphatic carbocycles. The molecule has 1 saturated heterocycles. The number of likely N-dealkylation sites (tertiary alicyclic amines) is 1. The number of hydrogen-bond acceptors (Lipinski definition) is 2. The van der Waals surface area contributed by atoms with Crippen molar-refractivity contribution in [2.75, 3.05) is 19.6 Å². The molecule has 0 aromatic rings. The van der Waals surface area contributed by atoms with Gasteiger partial charge in [0.1, 0.15) is 0 Å². The molecule has 0 aromatic carbocycles. The van der Waals surface area contributed by atoms with Crippen LogP contribution in [-0.4, -0.2) is 36.6 Å². The summed E-state index contributed by atoms with van der Waals surface area (Å²) in [6.45, 7) is 10.6. The van der Waals surface area contributed by atoms with Crippen LogP contribution in [0.5, 0.6) is 0 Å². The van der Waals surface area contributed by atoms with E-state index >= 15 is 0 Å². The normalized spacial score (nSPS) is 26.3. The van der Waals surface area contributed by atoms with Gasteiger partial charge in [-0.05, 0) is 71.9 Å². The number of allylic oxidation sites excluding steroid dienone is 2. The van der Waals surface area contributed by atoms with E-state index in [1.807, 2.05) is 0 Å². The summed E-state index contributed by atoms with van der Waals surface area (Å²) in [5.74, 6) is 0.900. The van der Waals surface area contributed by atoms with Crippen molar-refractivity contribution >= 4 is 0 Å². The Labute approximate surface area is 113 Å². The minimum Gasteiger partial charge on any atom is -0.314 e. The van der Waals surface area contributed by atoms with Crippen molar-refractivity contribution < 1.29 is 0 Å². The second-order valence-corrected chi connectivity index (χ2v) is 6.55. The largest absolute Gasteiger partial charge is 0.314 e. The maximum atomic E-state index is 3.72. The van der Waals surface area contributed by atoms with Gasteiger partial charge in [-0.15, -0.1) is 0 Å². The van der Waals surface area contributed by atoms with Gasteiger partial charge in [0.15, 0.2) is 0 Å². The fraction of sp³-hybridized carbons (Fsp3) is 0.875. The maximum Gasteiger partial charge on any atom is 0.00965 e. The van der Waals surface area contributed by atoms with Crippen molar-refractivity contribution in [3.63, 3.8) is 0 Å². The highest BCUT2D eigenvalue weighted by Crippen LogP contribution is 2.31. The lowest BCUT2D eigenvalue weighted by Crippen LogP contribution is -2.32. The first kappa shape index (κ1) is 14.1. The van der Waals surface area contributed by atoms with Crippen molar-refractivity contribution in [1.29, 1.82) is 0 Å². The molecular formula is C16H30N2. The van der Waals surface area contributed by atoms with Gasteiger partial charge in [-0.25, -0.2) is 0 Å². The van der Waals surface area contributed by atoms with Crippen molar-refractivity contribution in [3.05, 3.63) is 11.6 Å². The Hall–Kier alpha value is -0.340. The van der Waals surface area contributed by atoms with Crippen LogP contribution in [0.3, 0.4) is 0 Å². The molecule has 2 nitrogen and oxygen atoms in total. The monoisotopic (exact) mass is 250 g/mol. The summed E-state index contributed by atoms with van der Waals surface area (Å²) < 4.78 is 0. The van der Waals surface area contributed by atoms with Crippen LogP contribution in [-0.2, 0) is 0 Å². The molecule has 2 aliphatic rings. The summed E-state index contributed by atoms with van der Waals surface area (Å²) in [6.07, 6.45) is 9.16. The highest BCUT2D eigenvalue weighted by Gasteiger charge is 2.34. The Morgan fingerprint density at radius 1 is 1.33 bits per heavy atom. The predicted molar refractivity (Wildman–Crippen MR) is 78.8 cm³/mol. The standard InChI is InChI=1S/C16H30N2/c1-13(2)5-4-6-14(3)17-11-15-9-10-18(12-15)16-7-8-16/h5,14-17H,4,6-12H2,1-3H3/t14-,15+/m1/s1. The van der Waals surface area contributed by atoms with Crippen molar-refractivity contribution in [1.82, 2.24) is 10.2 Å². The van der Waals surface area contributed by atoms with E-state index in [4.69, 9.17) is 0 Å². The van der Waals surface area contributed by atoms with Crippen molar-refractivity contribution in [3.8, 4) is 0 Å². The van der Waals surface area contributed by atoms with E-state index in [0.29, 0.717) is 6.04 Å². The fourth-order valence-electron chi connectivity index (χ4n) is 2.89. The molecule has 104 valence electrons. The molecule has 1 heterocycles. The van der Waals surface area contributed by atoms with Gasteiger partial charge >= 0.3 is 0 Å². The molecule has 0 aromatic heterocycles. The molecule has 0 bridgehead atoms. The third-order valence-electron chi connectivity index (χ3n) is 4.29. The van der Waals surface area contributed by atoms with E-state index in [1.165, 1.54) is 57.3 Å². The third-order valence-corrected chi connectivity index (χ3v) is 4.29. The van der Waals surface area contributed by atoms with Gasteiger partial charge in [0.2, 0.25) is 0 Å². The van der Waals surface area contributed by atoms with Gasteiger partial charge < -0.3 is 10.2 Å². The molecule has 0 amide bonds. The molecule has 2 heteroatoms. The van der Waals surface area contributed by atoms with Crippen LogP contribution in [0.1, 0.15) is 52.9 Å². The Balaban J connectivity index is 1.55. The highest BCUT2D eigenvalue weighted by atomic mass is 15.2. The van der Waals surface area contributed by atoms with Crippen LogP contribution in [0.15, 0.2) is 11.6 Å². The second kappa shape index (κ2) is 6.72. The van der Waals surface area contributed by atoms with Crippen LogP contribution in [0.4, 0.5) is 0 Å². The molecule has 0 spiro atoms. The van der Waals surface area contributed by atoms with Gasteiger partial charge in [-0.2, -0.15) is 0 Å². The molecule has 1 saturated carbocycles. The van der Waals surface area contributed by atoms with Gasteiger partial charge in [0.05, 0.1) is 0 Å². The van der Waals surface area contributed by atoms with Crippen molar-refractivity contribution in [2.45, 2.75) is 65.0 Å². The van der Waals surface area contributed by atoms with Crippen LogP contribution in [0, 0.1) is 5.92 Å². The van der Waals surface area contributed by atoms with E-state index in [-0.39, 0.29) is 0 Å². The van der Waals surface area contributed by atoms with Crippen molar-refractivity contribution in [2.24, 2.45) is 5.92 Å².